The van der Waals surface area contributed by atoms with Gasteiger partial charge in [0.05, 0.1) is 17.7 Å². The molecule has 8 heteroatoms. The van der Waals surface area contributed by atoms with E-state index >= 15 is 0 Å². The molecule has 0 bridgehead atoms. The van der Waals surface area contributed by atoms with Gasteiger partial charge >= 0.3 is 0 Å². The Labute approximate surface area is 187 Å². The number of carbonyl (C=O) groups excluding carboxylic acids is 1. The summed E-state index contributed by atoms with van der Waals surface area (Å²) in [4.78, 5) is 12.8. The van der Waals surface area contributed by atoms with Gasteiger partial charge in [-0.25, -0.2) is 8.42 Å². The van der Waals surface area contributed by atoms with E-state index in [0.29, 0.717) is 27.7 Å². The van der Waals surface area contributed by atoms with Crippen molar-refractivity contribution in [2.45, 2.75) is 25.7 Å². The summed E-state index contributed by atoms with van der Waals surface area (Å²) < 4.78 is 33.9. The molecule has 0 unspecified atom stereocenters. The molecule has 0 aliphatic rings. The summed E-state index contributed by atoms with van der Waals surface area (Å²) in [6, 6.07) is 14.8. The van der Waals surface area contributed by atoms with Crippen LogP contribution in [0.4, 0.5) is 11.4 Å². The topological polar surface area (TPSA) is 84.5 Å². The molecule has 0 saturated heterocycles. The van der Waals surface area contributed by atoms with E-state index in [1.165, 1.54) is 13.2 Å². The van der Waals surface area contributed by atoms with Crippen molar-refractivity contribution in [2.24, 2.45) is 0 Å². The van der Waals surface area contributed by atoms with E-state index in [1.54, 1.807) is 49.4 Å². The highest BCUT2D eigenvalue weighted by atomic mass is 35.5. The molecule has 0 fully saturated rings. The van der Waals surface area contributed by atoms with Gasteiger partial charge in [0.2, 0.25) is 0 Å². The van der Waals surface area contributed by atoms with Crippen LogP contribution in [0, 0.1) is 20.8 Å². The average molecular weight is 459 g/mol. The molecule has 31 heavy (non-hydrogen) atoms. The lowest BCUT2D eigenvalue weighted by molar-refractivity contribution is 0.102. The predicted octanol–water partition coefficient (Wildman–Crippen LogP) is 5.33. The first-order valence-corrected chi connectivity index (χ1v) is 11.3. The van der Waals surface area contributed by atoms with Gasteiger partial charge in [-0.05, 0) is 79.9 Å². The lowest BCUT2D eigenvalue weighted by atomic mass is 10.1. The minimum absolute atomic E-state index is 0.0253. The molecule has 0 aliphatic carbocycles. The van der Waals surface area contributed by atoms with Gasteiger partial charge in [-0.3, -0.25) is 9.52 Å². The second-order valence-corrected chi connectivity index (χ2v) is 9.35. The molecule has 3 rings (SSSR count). The van der Waals surface area contributed by atoms with E-state index in [-0.39, 0.29) is 10.5 Å². The van der Waals surface area contributed by atoms with Crippen LogP contribution in [0.15, 0.2) is 59.5 Å². The normalized spacial score (nSPS) is 11.1. The number of hydrogen-bond donors (Lipinski definition) is 2. The van der Waals surface area contributed by atoms with Crippen molar-refractivity contribution in [3.05, 3.63) is 81.9 Å². The van der Waals surface area contributed by atoms with Crippen molar-refractivity contribution in [3.8, 4) is 5.75 Å². The molecule has 1 amide bonds. The zero-order valence-corrected chi connectivity index (χ0v) is 19.2. The second-order valence-electron chi connectivity index (χ2n) is 7.26. The van der Waals surface area contributed by atoms with E-state index < -0.39 is 15.9 Å². The summed E-state index contributed by atoms with van der Waals surface area (Å²) >= 11 is 6.01. The highest BCUT2D eigenvalue weighted by Crippen LogP contribution is 2.29. The van der Waals surface area contributed by atoms with E-state index in [4.69, 9.17) is 16.3 Å². The summed E-state index contributed by atoms with van der Waals surface area (Å²) in [5.74, 6) is -0.0439. The quantitative estimate of drug-likeness (QED) is 0.523. The fraction of sp³-hybridized carbons (Fsp3) is 0.174. The summed E-state index contributed by atoms with van der Waals surface area (Å²) in [6.07, 6.45) is 0. The summed E-state index contributed by atoms with van der Waals surface area (Å²) in [5, 5.41) is 3.15. The highest BCUT2D eigenvalue weighted by molar-refractivity contribution is 7.92. The van der Waals surface area contributed by atoms with Crippen molar-refractivity contribution in [1.82, 2.24) is 0 Å². The second kappa shape index (κ2) is 8.99. The minimum Gasteiger partial charge on any atom is -0.495 e. The minimum atomic E-state index is -3.90. The molecule has 0 spiro atoms. The number of carbonyl (C=O) groups is 1. The van der Waals surface area contributed by atoms with Gasteiger partial charge < -0.3 is 10.1 Å². The first kappa shape index (κ1) is 22.7. The largest absolute Gasteiger partial charge is 0.495 e. The van der Waals surface area contributed by atoms with Crippen LogP contribution in [-0.2, 0) is 10.0 Å². The molecule has 3 aromatic carbocycles. The molecule has 0 heterocycles. The Morgan fingerprint density at radius 2 is 1.61 bits per heavy atom. The molecule has 162 valence electrons. The highest BCUT2D eigenvalue weighted by Gasteiger charge is 2.20. The Kier molecular flexibility index (Phi) is 6.57. The number of rotatable bonds is 6. The van der Waals surface area contributed by atoms with Gasteiger partial charge in [0.15, 0.2) is 0 Å². The SMILES string of the molecule is COc1ccc(Cl)cc1NC(=O)c1ccc(C)c(S(=O)(=O)Nc2cc(C)cc(C)c2)c1. The van der Waals surface area contributed by atoms with Crippen LogP contribution >= 0.6 is 11.6 Å². The third-order valence-corrected chi connectivity index (χ3v) is 6.38. The molecule has 0 radical (unpaired) electrons. The number of hydrogen-bond acceptors (Lipinski definition) is 4. The van der Waals surface area contributed by atoms with Gasteiger partial charge in [-0.2, -0.15) is 0 Å². The van der Waals surface area contributed by atoms with Gasteiger partial charge in [-0.1, -0.05) is 23.7 Å². The number of sulfonamides is 1. The van der Waals surface area contributed by atoms with Crippen molar-refractivity contribution >= 4 is 38.9 Å². The van der Waals surface area contributed by atoms with Crippen LogP contribution in [-0.4, -0.2) is 21.4 Å². The smallest absolute Gasteiger partial charge is 0.262 e. The fourth-order valence-corrected chi connectivity index (χ4v) is 4.73. The Hall–Kier alpha value is -3.03. The van der Waals surface area contributed by atoms with Crippen LogP contribution in [0.5, 0.6) is 5.75 Å². The number of aryl methyl sites for hydroxylation is 3. The van der Waals surface area contributed by atoms with E-state index in [0.717, 1.165) is 11.1 Å². The molecular weight excluding hydrogens is 436 g/mol. The Bertz CT molecular complexity index is 1240. The monoisotopic (exact) mass is 458 g/mol. The van der Waals surface area contributed by atoms with Gasteiger partial charge in [0.25, 0.3) is 15.9 Å². The van der Waals surface area contributed by atoms with E-state index in [1.807, 2.05) is 19.9 Å². The molecule has 0 atom stereocenters. The zero-order valence-electron chi connectivity index (χ0n) is 17.6. The maximum absolute atomic E-state index is 13.0. The molecular formula is C23H23ClN2O4S. The van der Waals surface area contributed by atoms with Gasteiger partial charge in [0, 0.05) is 16.3 Å². The molecule has 6 nitrogen and oxygen atoms in total. The Morgan fingerprint density at radius 3 is 2.26 bits per heavy atom. The van der Waals surface area contributed by atoms with Crippen LogP contribution in [0.2, 0.25) is 5.02 Å². The van der Waals surface area contributed by atoms with Crippen molar-refractivity contribution in [2.75, 3.05) is 17.1 Å². The zero-order chi connectivity index (χ0) is 22.8. The lowest BCUT2D eigenvalue weighted by Crippen LogP contribution is -2.17. The summed E-state index contributed by atoms with van der Waals surface area (Å²) in [7, 11) is -2.42. The van der Waals surface area contributed by atoms with Crippen LogP contribution in [0.1, 0.15) is 27.0 Å². The van der Waals surface area contributed by atoms with E-state index in [9.17, 15) is 13.2 Å². The number of amides is 1. The third-order valence-electron chi connectivity index (χ3n) is 4.62. The first-order chi connectivity index (χ1) is 14.6. The molecule has 3 aromatic rings. The van der Waals surface area contributed by atoms with Crippen molar-refractivity contribution in [3.63, 3.8) is 0 Å². The van der Waals surface area contributed by atoms with Crippen molar-refractivity contribution < 1.29 is 17.9 Å². The number of benzene rings is 3. The maximum Gasteiger partial charge on any atom is 0.262 e. The Morgan fingerprint density at radius 1 is 0.935 bits per heavy atom. The number of halogens is 1. The number of nitrogens with one attached hydrogen (secondary N) is 2. The van der Waals surface area contributed by atoms with Crippen LogP contribution < -0.4 is 14.8 Å². The lowest BCUT2D eigenvalue weighted by Gasteiger charge is -2.14. The number of methoxy groups -OCH3 is 1. The summed E-state index contributed by atoms with van der Waals surface area (Å²) in [5.41, 5.74) is 3.45. The molecule has 0 aliphatic heterocycles. The van der Waals surface area contributed by atoms with Gasteiger partial charge in [-0.15, -0.1) is 0 Å². The third kappa shape index (κ3) is 5.37. The predicted molar refractivity (Wildman–Crippen MR) is 124 cm³/mol. The standard InChI is InChI=1S/C23H23ClN2O4S/c1-14-9-15(2)11-19(10-14)26-31(28,29)22-12-17(6-5-16(22)3)23(27)25-20-13-18(24)7-8-21(20)30-4/h5-13,26H,1-4H3,(H,25,27). The van der Waals surface area contributed by atoms with Gasteiger partial charge in [0.1, 0.15) is 5.75 Å². The molecule has 2 N–H and O–H groups in total. The number of anilines is 2. The fourth-order valence-electron chi connectivity index (χ4n) is 3.25. The molecule has 0 saturated carbocycles. The van der Waals surface area contributed by atoms with E-state index in [2.05, 4.69) is 10.0 Å². The first-order valence-electron chi connectivity index (χ1n) is 9.46. The van der Waals surface area contributed by atoms with Crippen LogP contribution in [0.3, 0.4) is 0 Å². The van der Waals surface area contributed by atoms with Crippen molar-refractivity contribution in [1.29, 1.82) is 0 Å². The average Bonchev–Trinajstić information content (AvgIpc) is 2.67. The van der Waals surface area contributed by atoms with Crippen LogP contribution in [0.25, 0.3) is 0 Å². The molecule has 0 aromatic heterocycles. The maximum atomic E-state index is 13.0. The number of ether oxygens (including phenoxy) is 1. The summed E-state index contributed by atoms with van der Waals surface area (Å²) in [6.45, 7) is 5.47. The Balaban J connectivity index is 1.92.